The molecule has 1 atom stereocenters. The monoisotopic (exact) mass is 374 g/mol. The number of benzene rings is 1. The molecule has 138 valence electrons. The summed E-state index contributed by atoms with van der Waals surface area (Å²) < 4.78 is 1.75. The quantitative estimate of drug-likeness (QED) is 0.789. The van der Waals surface area contributed by atoms with Crippen molar-refractivity contribution in [2.75, 3.05) is 0 Å². The third-order valence-electron chi connectivity index (χ3n) is 4.62. The molecule has 1 aliphatic rings. The van der Waals surface area contributed by atoms with E-state index >= 15 is 0 Å². The van der Waals surface area contributed by atoms with Gasteiger partial charge >= 0.3 is 11.8 Å². The standard InChI is InChI=1S/C19H23ClN4O2/c1-12-9-21-24(10-12)11-13(2)22-18(25)19(26)23-17-7-15(8-17)14-3-5-16(20)6-4-14/h3-6,9-10,13,15,17H,7-8,11H2,1-2H3,(H,22,25)(H,23,26). The predicted octanol–water partition coefficient (Wildman–Crippen LogP) is 2.41. The summed E-state index contributed by atoms with van der Waals surface area (Å²) in [6.07, 6.45) is 5.33. The van der Waals surface area contributed by atoms with Gasteiger partial charge in [-0.1, -0.05) is 23.7 Å². The number of rotatable bonds is 5. The van der Waals surface area contributed by atoms with Crippen LogP contribution in [-0.2, 0) is 16.1 Å². The molecule has 6 nitrogen and oxygen atoms in total. The van der Waals surface area contributed by atoms with Gasteiger partial charge in [-0.25, -0.2) is 0 Å². The second-order valence-corrected chi connectivity index (χ2v) is 7.44. The summed E-state index contributed by atoms with van der Waals surface area (Å²) in [6, 6.07) is 7.62. The summed E-state index contributed by atoms with van der Waals surface area (Å²) in [5.74, 6) is -0.771. The first-order valence-electron chi connectivity index (χ1n) is 8.76. The lowest BCUT2D eigenvalue weighted by Crippen LogP contribution is -2.51. The van der Waals surface area contributed by atoms with E-state index in [-0.39, 0.29) is 12.1 Å². The number of carbonyl (C=O) groups excluding carboxylic acids is 2. The molecular weight excluding hydrogens is 352 g/mol. The van der Waals surface area contributed by atoms with E-state index in [1.54, 1.807) is 10.9 Å². The van der Waals surface area contributed by atoms with Crippen molar-refractivity contribution in [3.8, 4) is 0 Å². The van der Waals surface area contributed by atoms with Crippen LogP contribution in [0.5, 0.6) is 0 Å². The molecule has 1 aliphatic carbocycles. The Balaban J connectivity index is 1.41. The van der Waals surface area contributed by atoms with Gasteiger partial charge in [-0.05, 0) is 55.9 Å². The molecule has 2 amide bonds. The molecule has 7 heteroatoms. The van der Waals surface area contributed by atoms with Crippen LogP contribution in [0, 0.1) is 6.92 Å². The van der Waals surface area contributed by atoms with Gasteiger partial charge in [0.15, 0.2) is 0 Å². The fourth-order valence-electron chi connectivity index (χ4n) is 3.18. The van der Waals surface area contributed by atoms with Crippen LogP contribution in [0.25, 0.3) is 0 Å². The highest BCUT2D eigenvalue weighted by Crippen LogP contribution is 2.37. The third-order valence-corrected chi connectivity index (χ3v) is 4.87. The minimum Gasteiger partial charge on any atom is -0.345 e. The van der Waals surface area contributed by atoms with E-state index in [2.05, 4.69) is 15.7 Å². The van der Waals surface area contributed by atoms with Crippen LogP contribution in [0.2, 0.25) is 5.02 Å². The molecule has 0 radical (unpaired) electrons. The van der Waals surface area contributed by atoms with Gasteiger partial charge in [0, 0.05) is 23.3 Å². The maximum Gasteiger partial charge on any atom is 0.309 e. The lowest BCUT2D eigenvalue weighted by molar-refractivity contribution is -0.140. The summed E-state index contributed by atoms with van der Waals surface area (Å²) in [7, 11) is 0. The van der Waals surface area contributed by atoms with Crippen molar-refractivity contribution in [3.05, 3.63) is 52.8 Å². The van der Waals surface area contributed by atoms with E-state index in [0.29, 0.717) is 17.5 Å². The number of halogens is 1. The summed E-state index contributed by atoms with van der Waals surface area (Å²) in [5.41, 5.74) is 2.27. The number of hydrogen-bond donors (Lipinski definition) is 2. The molecule has 3 rings (SSSR count). The fourth-order valence-corrected chi connectivity index (χ4v) is 3.30. The molecular formula is C19H23ClN4O2. The first-order valence-corrected chi connectivity index (χ1v) is 9.14. The van der Waals surface area contributed by atoms with Crippen LogP contribution in [0.3, 0.4) is 0 Å². The zero-order valence-corrected chi connectivity index (χ0v) is 15.7. The van der Waals surface area contributed by atoms with E-state index in [0.717, 1.165) is 18.4 Å². The van der Waals surface area contributed by atoms with E-state index < -0.39 is 11.8 Å². The molecule has 1 unspecified atom stereocenters. The molecule has 2 aromatic rings. The van der Waals surface area contributed by atoms with Crippen LogP contribution < -0.4 is 10.6 Å². The van der Waals surface area contributed by atoms with Crippen molar-refractivity contribution in [1.29, 1.82) is 0 Å². The van der Waals surface area contributed by atoms with E-state index in [4.69, 9.17) is 11.6 Å². The van der Waals surface area contributed by atoms with Gasteiger partial charge in [-0.15, -0.1) is 0 Å². The van der Waals surface area contributed by atoms with Crippen molar-refractivity contribution in [2.45, 2.75) is 51.2 Å². The topological polar surface area (TPSA) is 76.0 Å². The highest BCUT2D eigenvalue weighted by Gasteiger charge is 2.32. The first-order chi connectivity index (χ1) is 12.4. The molecule has 1 aromatic heterocycles. The van der Waals surface area contributed by atoms with Crippen molar-refractivity contribution in [2.24, 2.45) is 0 Å². The Morgan fingerprint density at radius 3 is 2.58 bits per heavy atom. The molecule has 0 saturated heterocycles. The maximum atomic E-state index is 12.1. The van der Waals surface area contributed by atoms with Gasteiger partial charge in [0.25, 0.3) is 0 Å². The van der Waals surface area contributed by atoms with Crippen LogP contribution in [0.4, 0.5) is 0 Å². The highest BCUT2D eigenvalue weighted by molar-refractivity contribution is 6.35. The average molecular weight is 375 g/mol. The molecule has 1 saturated carbocycles. The Labute approximate surface area is 157 Å². The second-order valence-electron chi connectivity index (χ2n) is 7.00. The summed E-state index contributed by atoms with van der Waals surface area (Å²) in [6.45, 7) is 4.33. The SMILES string of the molecule is Cc1cnn(CC(C)NC(=O)C(=O)NC2CC(c3ccc(Cl)cc3)C2)c1. The highest BCUT2D eigenvalue weighted by atomic mass is 35.5. The second kappa shape index (κ2) is 7.91. The zero-order valence-electron chi connectivity index (χ0n) is 14.9. The number of aryl methyl sites for hydroxylation is 1. The minimum absolute atomic E-state index is 0.0398. The Hall–Kier alpha value is -2.34. The van der Waals surface area contributed by atoms with Crippen LogP contribution >= 0.6 is 11.6 Å². The molecule has 26 heavy (non-hydrogen) atoms. The average Bonchev–Trinajstić information content (AvgIpc) is 2.96. The Kier molecular flexibility index (Phi) is 5.61. The number of amides is 2. The van der Waals surface area contributed by atoms with Crippen molar-refractivity contribution in [1.82, 2.24) is 20.4 Å². The Morgan fingerprint density at radius 2 is 1.96 bits per heavy atom. The lowest BCUT2D eigenvalue weighted by Gasteiger charge is -2.36. The van der Waals surface area contributed by atoms with Gasteiger partial charge in [0.1, 0.15) is 0 Å². The Morgan fingerprint density at radius 1 is 1.27 bits per heavy atom. The first kappa shape index (κ1) is 18.5. The van der Waals surface area contributed by atoms with Gasteiger partial charge in [-0.2, -0.15) is 5.10 Å². The van der Waals surface area contributed by atoms with Gasteiger partial charge in [0.05, 0.1) is 12.7 Å². The summed E-state index contributed by atoms with van der Waals surface area (Å²) >= 11 is 5.90. The molecule has 1 aromatic carbocycles. The van der Waals surface area contributed by atoms with Crippen LogP contribution in [-0.4, -0.2) is 33.7 Å². The molecule has 0 aliphatic heterocycles. The lowest BCUT2D eigenvalue weighted by atomic mass is 9.76. The minimum atomic E-state index is -0.601. The summed E-state index contributed by atoms with van der Waals surface area (Å²) in [4.78, 5) is 24.1. The Bertz CT molecular complexity index is 781. The number of nitrogens with zero attached hydrogens (tertiary/aromatic N) is 2. The van der Waals surface area contributed by atoms with Crippen molar-refractivity contribution >= 4 is 23.4 Å². The van der Waals surface area contributed by atoms with Gasteiger partial charge in [-0.3, -0.25) is 14.3 Å². The normalized spacial score (nSPS) is 20.1. The third kappa shape index (κ3) is 4.64. The predicted molar refractivity (Wildman–Crippen MR) is 99.9 cm³/mol. The number of hydrogen-bond acceptors (Lipinski definition) is 3. The van der Waals surface area contributed by atoms with Crippen molar-refractivity contribution < 1.29 is 9.59 Å². The van der Waals surface area contributed by atoms with Gasteiger partial charge < -0.3 is 10.6 Å². The molecule has 0 spiro atoms. The fraction of sp³-hybridized carbons (Fsp3) is 0.421. The van der Waals surface area contributed by atoms with Crippen LogP contribution in [0.15, 0.2) is 36.7 Å². The largest absolute Gasteiger partial charge is 0.345 e. The van der Waals surface area contributed by atoms with Crippen molar-refractivity contribution in [3.63, 3.8) is 0 Å². The van der Waals surface area contributed by atoms with Crippen LogP contribution in [0.1, 0.15) is 36.8 Å². The number of aromatic nitrogens is 2. The maximum absolute atomic E-state index is 12.1. The number of carbonyl (C=O) groups is 2. The van der Waals surface area contributed by atoms with Gasteiger partial charge in [0.2, 0.25) is 0 Å². The molecule has 1 fully saturated rings. The van der Waals surface area contributed by atoms with E-state index in [9.17, 15) is 9.59 Å². The zero-order chi connectivity index (χ0) is 18.7. The van der Waals surface area contributed by atoms with E-state index in [1.165, 1.54) is 5.56 Å². The summed E-state index contributed by atoms with van der Waals surface area (Å²) in [5, 5.41) is 10.4. The smallest absolute Gasteiger partial charge is 0.309 e. The van der Waals surface area contributed by atoms with E-state index in [1.807, 2.05) is 44.3 Å². The molecule has 0 bridgehead atoms. The number of nitrogens with one attached hydrogen (secondary N) is 2. The molecule has 1 heterocycles. The molecule has 2 N–H and O–H groups in total.